The van der Waals surface area contributed by atoms with E-state index >= 15 is 0 Å². The van der Waals surface area contributed by atoms with Crippen LogP contribution in [-0.2, 0) is 0 Å². The molecule has 2 nitrogen and oxygen atoms in total. The minimum Gasteiger partial charge on any atom is -0.336 e. The summed E-state index contributed by atoms with van der Waals surface area (Å²) in [6.07, 6.45) is 0. The Morgan fingerprint density at radius 3 is 2.41 bits per heavy atom. The fourth-order valence-corrected chi connectivity index (χ4v) is 1.90. The van der Waals surface area contributed by atoms with Gasteiger partial charge in [0.2, 0.25) is 0 Å². The van der Waals surface area contributed by atoms with Crippen molar-refractivity contribution in [1.82, 2.24) is 4.90 Å². The summed E-state index contributed by atoms with van der Waals surface area (Å²) in [4.78, 5) is 13.5. The molecule has 0 heterocycles. The first-order chi connectivity index (χ1) is 8.10. The number of aryl methyl sites for hydroxylation is 1. The number of hydrogen-bond donors (Lipinski definition) is 0. The summed E-state index contributed by atoms with van der Waals surface area (Å²) in [6, 6.07) is 4.45. The van der Waals surface area contributed by atoms with Gasteiger partial charge in [0.15, 0.2) is 0 Å². The molecule has 0 bridgehead atoms. The number of rotatable bonds is 5. The molecule has 1 aromatic rings. The Balaban J connectivity index is 2.95. The standard InChI is InChI=1S/C12H14Cl2FNO/c1-9-2-3-11(15)10(8-9)12(17)16(6-4-13)7-5-14/h2-3,8H,4-7H2,1H3. The van der Waals surface area contributed by atoms with E-state index < -0.39 is 5.82 Å². The highest BCUT2D eigenvalue weighted by Crippen LogP contribution is 2.13. The van der Waals surface area contributed by atoms with Crippen LogP contribution >= 0.6 is 23.2 Å². The van der Waals surface area contributed by atoms with Crippen LogP contribution in [0.25, 0.3) is 0 Å². The van der Waals surface area contributed by atoms with Gasteiger partial charge in [-0.3, -0.25) is 4.79 Å². The van der Waals surface area contributed by atoms with Gasteiger partial charge in [0, 0.05) is 24.8 Å². The Labute approximate surface area is 110 Å². The van der Waals surface area contributed by atoms with Gasteiger partial charge in [-0.05, 0) is 19.1 Å². The minimum absolute atomic E-state index is 0.0697. The van der Waals surface area contributed by atoms with Gasteiger partial charge in [-0.2, -0.15) is 0 Å². The summed E-state index contributed by atoms with van der Waals surface area (Å²) in [5.74, 6) is -0.284. The first kappa shape index (κ1) is 14.3. The van der Waals surface area contributed by atoms with Crippen molar-refractivity contribution in [2.45, 2.75) is 6.92 Å². The van der Waals surface area contributed by atoms with Crippen molar-refractivity contribution >= 4 is 29.1 Å². The number of benzene rings is 1. The van der Waals surface area contributed by atoms with Gasteiger partial charge < -0.3 is 4.90 Å². The van der Waals surface area contributed by atoms with Crippen LogP contribution in [0.4, 0.5) is 4.39 Å². The third-order valence-corrected chi connectivity index (χ3v) is 2.69. The van der Waals surface area contributed by atoms with Crippen LogP contribution in [-0.4, -0.2) is 35.7 Å². The number of alkyl halides is 2. The number of amides is 1. The molecule has 1 aromatic carbocycles. The van der Waals surface area contributed by atoms with E-state index in [9.17, 15) is 9.18 Å². The first-order valence-corrected chi connectivity index (χ1v) is 6.34. The Morgan fingerprint density at radius 1 is 1.29 bits per heavy atom. The summed E-state index contributed by atoms with van der Waals surface area (Å²) in [7, 11) is 0. The fraction of sp³-hybridized carbons (Fsp3) is 0.417. The molecule has 94 valence electrons. The summed E-state index contributed by atoms with van der Waals surface area (Å²) >= 11 is 11.2. The monoisotopic (exact) mass is 277 g/mol. The zero-order valence-corrected chi connectivity index (χ0v) is 11.1. The molecule has 0 saturated heterocycles. The molecule has 0 atom stereocenters. The first-order valence-electron chi connectivity index (χ1n) is 5.27. The highest BCUT2D eigenvalue weighted by Gasteiger charge is 2.18. The molecule has 0 fully saturated rings. The van der Waals surface area contributed by atoms with Crippen molar-refractivity contribution in [3.63, 3.8) is 0 Å². The van der Waals surface area contributed by atoms with Crippen molar-refractivity contribution < 1.29 is 9.18 Å². The Hall–Kier alpha value is -0.800. The van der Waals surface area contributed by atoms with Gasteiger partial charge in [0.05, 0.1) is 5.56 Å². The van der Waals surface area contributed by atoms with E-state index in [0.717, 1.165) is 5.56 Å². The summed E-state index contributed by atoms with van der Waals surface area (Å²) in [5, 5.41) is 0. The molecule has 0 aliphatic heterocycles. The van der Waals surface area contributed by atoms with Crippen LogP contribution in [0.1, 0.15) is 15.9 Å². The van der Waals surface area contributed by atoms with Crippen LogP contribution in [0.15, 0.2) is 18.2 Å². The fourth-order valence-electron chi connectivity index (χ4n) is 1.49. The smallest absolute Gasteiger partial charge is 0.256 e. The number of halogens is 3. The molecule has 0 aliphatic carbocycles. The van der Waals surface area contributed by atoms with Crippen LogP contribution < -0.4 is 0 Å². The van der Waals surface area contributed by atoms with E-state index in [-0.39, 0.29) is 11.5 Å². The van der Waals surface area contributed by atoms with Gasteiger partial charge in [-0.15, -0.1) is 23.2 Å². The van der Waals surface area contributed by atoms with E-state index in [0.29, 0.717) is 24.8 Å². The predicted molar refractivity (Wildman–Crippen MR) is 68.5 cm³/mol. The van der Waals surface area contributed by atoms with Crippen LogP contribution in [0.3, 0.4) is 0 Å². The molecule has 0 aliphatic rings. The van der Waals surface area contributed by atoms with Crippen LogP contribution in [0.5, 0.6) is 0 Å². The zero-order valence-electron chi connectivity index (χ0n) is 9.55. The molecule has 0 spiro atoms. The average molecular weight is 278 g/mol. The topological polar surface area (TPSA) is 20.3 Å². The summed E-state index contributed by atoms with van der Waals surface area (Å²) in [6.45, 7) is 2.53. The molecule has 0 N–H and O–H groups in total. The largest absolute Gasteiger partial charge is 0.336 e. The predicted octanol–water partition coefficient (Wildman–Crippen LogP) is 3.05. The molecule has 0 saturated carbocycles. The lowest BCUT2D eigenvalue weighted by Crippen LogP contribution is -2.35. The second-order valence-corrected chi connectivity index (χ2v) is 4.41. The highest BCUT2D eigenvalue weighted by atomic mass is 35.5. The maximum absolute atomic E-state index is 13.5. The minimum atomic E-state index is -0.519. The summed E-state index contributed by atoms with van der Waals surface area (Å²) in [5.41, 5.74) is 0.909. The van der Waals surface area contributed by atoms with E-state index in [1.165, 1.54) is 17.0 Å². The van der Waals surface area contributed by atoms with Crippen LogP contribution in [0.2, 0.25) is 0 Å². The lowest BCUT2D eigenvalue weighted by atomic mass is 10.1. The molecule has 1 rings (SSSR count). The SMILES string of the molecule is Cc1ccc(F)c(C(=O)N(CCCl)CCCl)c1. The molecule has 5 heteroatoms. The second-order valence-electron chi connectivity index (χ2n) is 3.65. The average Bonchev–Trinajstić information content (AvgIpc) is 2.31. The van der Waals surface area contributed by atoms with Gasteiger partial charge >= 0.3 is 0 Å². The maximum Gasteiger partial charge on any atom is 0.256 e. The van der Waals surface area contributed by atoms with Crippen molar-refractivity contribution in [2.75, 3.05) is 24.8 Å². The number of carbonyl (C=O) groups excluding carboxylic acids is 1. The summed E-state index contributed by atoms with van der Waals surface area (Å²) < 4.78 is 13.5. The second kappa shape index (κ2) is 6.82. The lowest BCUT2D eigenvalue weighted by Gasteiger charge is -2.21. The van der Waals surface area contributed by atoms with Crippen molar-refractivity contribution in [1.29, 1.82) is 0 Å². The van der Waals surface area contributed by atoms with Crippen LogP contribution in [0, 0.1) is 12.7 Å². The van der Waals surface area contributed by atoms with E-state index in [1.54, 1.807) is 6.07 Å². The molecule has 1 amide bonds. The lowest BCUT2D eigenvalue weighted by molar-refractivity contribution is 0.0770. The number of nitrogens with zero attached hydrogens (tertiary/aromatic N) is 1. The van der Waals surface area contributed by atoms with Gasteiger partial charge in [0.1, 0.15) is 5.82 Å². The van der Waals surface area contributed by atoms with Gasteiger partial charge in [0.25, 0.3) is 5.91 Å². The number of hydrogen-bond acceptors (Lipinski definition) is 1. The van der Waals surface area contributed by atoms with E-state index in [4.69, 9.17) is 23.2 Å². The zero-order chi connectivity index (χ0) is 12.8. The molecule has 0 radical (unpaired) electrons. The number of carbonyl (C=O) groups is 1. The quantitative estimate of drug-likeness (QED) is 0.758. The van der Waals surface area contributed by atoms with Gasteiger partial charge in [-0.1, -0.05) is 11.6 Å². The highest BCUT2D eigenvalue weighted by molar-refractivity contribution is 6.18. The molecule has 0 aromatic heterocycles. The normalized spacial score (nSPS) is 10.4. The Morgan fingerprint density at radius 2 is 1.88 bits per heavy atom. The Bertz CT molecular complexity index is 392. The molecule has 17 heavy (non-hydrogen) atoms. The molecular formula is C12H14Cl2FNO. The van der Waals surface area contributed by atoms with Crippen molar-refractivity contribution in [3.05, 3.63) is 35.1 Å². The van der Waals surface area contributed by atoms with Gasteiger partial charge in [-0.25, -0.2) is 4.39 Å². The molecular weight excluding hydrogens is 264 g/mol. The van der Waals surface area contributed by atoms with E-state index in [2.05, 4.69) is 0 Å². The van der Waals surface area contributed by atoms with Crippen molar-refractivity contribution in [3.8, 4) is 0 Å². The molecule has 0 unspecified atom stereocenters. The van der Waals surface area contributed by atoms with E-state index in [1.807, 2.05) is 6.92 Å². The third kappa shape index (κ3) is 3.86. The van der Waals surface area contributed by atoms with Crippen molar-refractivity contribution in [2.24, 2.45) is 0 Å². The maximum atomic E-state index is 13.5. The Kier molecular flexibility index (Phi) is 5.72. The third-order valence-electron chi connectivity index (χ3n) is 2.35.